The molecule has 0 atom stereocenters. The number of hydrogen-bond donors (Lipinski definition) is 0. The summed E-state index contributed by atoms with van der Waals surface area (Å²) in [5, 5.41) is 0. The maximum absolute atomic E-state index is 13.6. The number of para-hydroxylation sites is 1. The number of rotatable bonds is 12. The predicted octanol–water partition coefficient (Wildman–Crippen LogP) is 6.47. The highest BCUT2D eigenvalue weighted by molar-refractivity contribution is 5.56. The maximum atomic E-state index is 13.6. The van der Waals surface area contributed by atoms with Crippen molar-refractivity contribution in [2.75, 3.05) is 20.4 Å². The smallest absolute Gasteiger partial charge is 0.231 e. The first kappa shape index (κ1) is 25.8. The molecule has 2 heterocycles. The van der Waals surface area contributed by atoms with E-state index in [1.165, 1.54) is 17.7 Å². The molecule has 1 aliphatic rings. The van der Waals surface area contributed by atoms with Gasteiger partial charge in [-0.05, 0) is 66.4 Å². The second-order valence-corrected chi connectivity index (χ2v) is 9.55. The first-order valence-electron chi connectivity index (χ1n) is 13.2. The molecule has 1 aliphatic heterocycles. The number of fused-ring (bicyclic) bond motifs is 1. The highest BCUT2D eigenvalue weighted by Crippen LogP contribution is 2.33. The summed E-state index contributed by atoms with van der Waals surface area (Å²) in [6.45, 7) is 5.62. The third kappa shape index (κ3) is 6.00. The topological polar surface area (TPSA) is 48.8 Å². The summed E-state index contributed by atoms with van der Waals surface area (Å²) in [5.74, 6) is 3.12. The number of nitrogens with zero attached hydrogens (tertiary/aromatic N) is 3. The van der Waals surface area contributed by atoms with E-state index in [1.54, 1.807) is 19.2 Å². The van der Waals surface area contributed by atoms with Crippen molar-refractivity contribution >= 4 is 0 Å². The van der Waals surface area contributed by atoms with Gasteiger partial charge in [0.05, 0.1) is 19.0 Å². The fraction of sp³-hybridized carbons (Fsp3) is 0.323. The van der Waals surface area contributed by atoms with Crippen LogP contribution in [0, 0.1) is 5.82 Å². The van der Waals surface area contributed by atoms with Gasteiger partial charge in [0.2, 0.25) is 6.79 Å². The molecule has 4 aromatic rings. The van der Waals surface area contributed by atoms with Crippen molar-refractivity contribution in [3.05, 3.63) is 95.6 Å². The van der Waals surface area contributed by atoms with Crippen LogP contribution in [0.15, 0.2) is 72.9 Å². The van der Waals surface area contributed by atoms with E-state index in [4.69, 9.17) is 19.2 Å². The molecule has 6 nitrogen and oxygen atoms in total. The van der Waals surface area contributed by atoms with Crippen molar-refractivity contribution in [1.82, 2.24) is 14.5 Å². The van der Waals surface area contributed by atoms with Gasteiger partial charge in [0.15, 0.2) is 11.5 Å². The van der Waals surface area contributed by atoms with E-state index < -0.39 is 0 Å². The Hall–Kier alpha value is -3.84. The Morgan fingerprint density at radius 3 is 2.63 bits per heavy atom. The third-order valence-corrected chi connectivity index (χ3v) is 6.89. The number of benzene rings is 3. The van der Waals surface area contributed by atoms with Gasteiger partial charge in [0.1, 0.15) is 17.4 Å². The lowest BCUT2D eigenvalue weighted by molar-refractivity contribution is 0.174. The Balaban J connectivity index is 1.42. The van der Waals surface area contributed by atoms with E-state index in [9.17, 15) is 4.39 Å². The minimum Gasteiger partial charge on any atom is -0.496 e. The molecule has 0 spiro atoms. The van der Waals surface area contributed by atoms with Gasteiger partial charge in [-0.2, -0.15) is 0 Å². The molecule has 5 rings (SSSR count). The average molecular weight is 516 g/mol. The molecular formula is C31H34FN3O3. The van der Waals surface area contributed by atoms with Crippen LogP contribution >= 0.6 is 0 Å². The molecule has 0 aliphatic carbocycles. The zero-order valence-corrected chi connectivity index (χ0v) is 22.0. The summed E-state index contributed by atoms with van der Waals surface area (Å²) in [5.41, 5.74) is 4.40. The summed E-state index contributed by atoms with van der Waals surface area (Å²) < 4.78 is 32.6. The van der Waals surface area contributed by atoms with E-state index in [-0.39, 0.29) is 12.6 Å². The first-order chi connectivity index (χ1) is 18.6. The van der Waals surface area contributed by atoms with Gasteiger partial charge in [-0.25, -0.2) is 9.37 Å². The highest BCUT2D eigenvalue weighted by atomic mass is 19.1. The number of ether oxygens (including phenoxy) is 3. The largest absolute Gasteiger partial charge is 0.496 e. The molecule has 0 bridgehead atoms. The molecule has 7 heteroatoms. The lowest BCUT2D eigenvalue weighted by Gasteiger charge is -2.24. The number of unbranched alkanes of at least 4 members (excludes halogenated alkanes) is 1. The molecule has 0 amide bonds. The SMILES string of the molecule is CCCCn1c(CN(CCc2ccccc2OC)Cc2ccc3c(c2)OCO3)cnc1-c1ccc(F)cc1. The van der Waals surface area contributed by atoms with Gasteiger partial charge in [0.25, 0.3) is 0 Å². The normalized spacial score (nSPS) is 12.3. The number of halogens is 1. The van der Waals surface area contributed by atoms with E-state index in [2.05, 4.69) is 40.7 Å². The Kier molecular flexibility index (Phi) is 8.24. The highest BCUT2D eigenvalue weighted by Gasteiger charge is 2.18. The van der Waals surface area contributed by atoms with Gasteiger partial charge in [-0.1, -0.05) is 37.6 Å². The van der Waals surface area contributed by atoms with Gasteiger partial charge in [-0.15, -0.1) is 0 Å². The number of imidazole rings is 1. The molecule has 198 valence electrons. The van der Waals surface area contributed by atoms with Crippen LogP contribution in [-0.2, 0) is 26.1 Å². The second-order valence-electron chi connectivity index (χ2n) is 9.55. The molecule has 0 unspecified atom stereocenters. The predicted molar refractivity (Wildman–Crippen MR) is 146 cm³/mol. The molecule has 38 heavy (non-hydrogen) atoms. The summed E-state index contributed by atoms with van der Waals surface area (Å²) in [6, 6.07) is 20.9. The third-order valence-electron chi connectivity index (χ3n) is 6.89. The Bertz CT molecular complexity index is 1350. The fourth-order valence-corrected chi connectivity index (χ4v) is 4.86. The van der Waals surface area contributed by atoms with Crippen LogP contribution in [0.3, 0.4) is 0 Å². The molecule has 0 N–H and O–H groups in total. The van der Waals surface area contributed by atoms with Gasteiger partial charge >= 0.3 is 0 Å². The fourth-order valence-electron chi connectivity index (χ4n) is 4.86. The van der Waals surface area contributed by atoms with Crippen LogP contribution in [-0.4, -0.2) is 34.9 Å². The zero-order valence-electron chi connectivity index (χ0n) is 22.0. The number of aromatic nitrogens is 2. The standard InChI is InChI=1S/C31H34FN3O3/c1-3-4-16-35-27(19-33-31(35)25-10-12-26(32)13-11-25)21-34(17-15-24-7-5-6-8-28(24)36-2)20-23-9-14-29-30(18-23)38-22-37-29/h5-14,18-19H,3-4,15-17,20-22H2,1-2H3. The quantitative estimate of drug-likeness (QED) is 0.216. The lowest BCUT2D eigenvalue weighted by Crippen LogP contribution is -2.27. The monoisotopic (exact) mass is 515 g/mol. The molecule has 0 saturated carbocycles. The zero-order chi connectivity index (χ0) is 26.3. The van der Waals surface area contributed by atoms with Crippen LogP contribution < -0.4 is 14.2 Å². The summed E-state index contributed by atoms with van der Waals surface area (Å²) in [6.07, 6.45) is 4.93. The van der Waals surface area contributed by atoms with Crippen molar-refractivity contribution in [3.8, 4) is 28.6 Å². The first-order valence-corrected chi connectivity index (χ1v) is 13.2. The molecule has 3 aromatic carbocycles. The Labute approximate surface area is 223 Å². The Morgan fingerprint density at radius 1 is 1.00 bits per heavy atom. The molecule has 0 radical (unpaired) electrons. The minimum absolute atomic E-state index is 0.244. The maximum Gasteiger partial charge on any atom is 0.231 e. The van der Waals surface area contributed by atoms with Crippen molar-refractivity contribution < 1.29 is 18.6 Å². The van der Waals surface area contributed by atoms with Gasteiger partial charge in [0, 0.05) is 31.7 Å². The molecular weight excluding hydrogens is 481 g/mol. The van der Waals surface area contributed by atoms with E-state index >= 15 is 0 Å². The lowest BCUT2D eigenvalue weighted by atomic mass is 10.1. The number of methoxy groups -OCH3 is 1. The molecule has 0 fully saturated rings. The van der Waals surface area contributed by atoms with Gasteiger partial charge in [-0.3, -0.25) is 4.90 Å². The summed E-state index contributed by atoms with van der Waals surface area (Å²) >= 11 is 0. The second kappa shape index (κ2) is 12.1. The van der Waals surface area contributed by atoms with Crippen molar-refractivity contribution in [3.63, 3.8) is 0 Å². The van der Waals surface area contributed by atoms with E-state index in [1.807, 2.05) is 24.4 Å². The summed E-state index contributed by atoms with van der Waals surface area (Å²) in [7, 11) is 1.71. The van der Waals surface area contributed by atoms with Gasteiger partial charge < -0.3 is 18.8 Å². The van der Waals surface area contributed by atoms with Crippen LogP contribution in [0.5, 0.6) is 17.2 Å². The Morgan fingerprint density at radius 2 is 1.82 bits per heavy atom. The van der Waals surface area contributed by atoms with Crippen LogP contribution in [0.25, 0.3) is 11.4 Å². The van der Waals surface area contributed by atoms with Crippen LogP contribution in [0.4, 0.5) is 4.39 Å². The van der Waals surface area contributed by atoms with Crippen LogP contribution in [0.2, 0.25) is 0 Å². The van der Waals surface area contributed by atoms with Crippen LogP contribution in [0.1, 0.15) is 36.6 Å². The number of hydrogen-bond acceptors (Lipinski definition) is 5. The summed E-state index contributed by atoms with van der Waals surface area (Å²) in [4.78, 5) is 7.21. The molecule has 1 aromatic heterocycles. The van der Waals surface area contributed by atoms with Crippen molar-refractivity contribution in [2.45, 2.75) is 45.8 Å². The van der Waals surface area contributed by atoms with E-state index in [0.717, 1.165) is 85.3 Å². The molecule has 0 saturated heterocycles. The average Bonchev–Trinajstić information content (AvgIpc) is 3.57. The van der Waals surface area contributed by atoms with Crippen molar-refractivity contribution in [1.29, 1.82) is 0 Å². The minimum atomic E-state index is -0.244. The van der Waals surface area contributed by atoms with E-state index in [0.29, 0.717) is 0 Å². The van der Waals surface area contributed by atoms with Crippen molar-refractivity contribution in [2.24, 2.45) is 0 Å².